The first-order valence-electron chi connectivity index (χ1n) is 11.5. The van der Waals surface area contributed by atoms with Gasteiger partial charge in [0.25, 0.3) is 5.56 Å². The molecule has 0 fully saturated rings. The van der Waals surface area contributed by atoms with Crippen molar-refractivity contribution in [3.8, 4) is 33.9 Å². The van der Waals surface area contributed by atoms with Gasteiger partial charge in [-0.2, -0.15) is 27.1 Å². The number of unbranched alkanes of at least 4 members (excludes halogenated alkanes) is 2. The highest BCUT2D eigenvalue weighted by atomic mass is 19.4. The SMILES string of the molecule is N/N=C(\NN)c1c(-c2ccc(OC(F)F)cc2)cc(-c2ccc(OCCCCCC(F)(F)F)cc2)[nH]c1=O. The summed E-state index contributed by atoms with van der Waals surface area (Å²) >= 11 is 0. The number of pyridine rings is 1. The minimum Gasteiger partial charge on any atom is -0.494 e. The van der Waals surface area contributed by atoms with Crippen molar-refractivity contribution < 1.29 is 31.4 Å². The number of hydrogen-bond donors (Lipinski definition) is 4. The van der Waals surface area contributed by atoms with E-state index in [1.165, 1.54) is 24.3 Å². The van der Waals surface area contributed by atoms with E-state index in [9.17, 15) is 26.7 Å². The van der Waals surface area contributed by atoms with E-state index in [0.29, 0.717) is 41.0 Å². The molecule has 2 aromatic carbocycles. The molecule has 0 atom stereocenters. The van der Waals surface area contributed by atoms with Gasteiger partial charge >= 0.3 is 12.8 Å². The predicted octanol–water partition coefficient (Wildman–Crippen LogP) is 4.90. The lowest BCUT2D eigenvalue weighted by Crippen LogP contribution is -2.36. The van der Waals surface area contributed by atoms with Gasteiger partial charge in [-0.05, 0) is 72.9 Å². The third-order valence-electron chi connectivity index (χ3n) is 5.47. The van der Waals surface area contributed by atoms with Crippen LogP contribution in [0.2, 0.25) is 0 Å². The van der Waals surface area contributed by atoms with Crippen LogP contribution in [0.3, 0.4) is 0 Å². The van der Waals surface area contributed by atoms with Gasteiger partial charge in [0.1, 0.15) is 11.5 Å². The molecule has 0 saturated heterocycles. The molecule has 13 heteroatoms. The molecule has 0 aliphatic rings. The van der Waals surface area contributed by atoms with Gasteiger partial charge in [0.2, 0.25) is 0 Å². The van der Waals surface area contributed by atoms with Crippen LogP contribution in [0.5, 0.6) is 11.5 Å². The number of ether oxygens (including phenoxy) is 2. The zero-order valence-corrected chi connectivity index (χ0v) is 20.0. The van der Waals surface area contributed by atoms with Crippen LogP contribution < -0.4 is 32.1 Å². The van der Waals surface area contributed by atoms with Crippen molar-refractivity contribution in [1.82, 2.24) is 10.4 Å². The molecule has 38 heavy (non-hydrogen) atoms. The summed E-state index contributed by atoms with van der Waals surface area (Å²) in [5, 5.41) is 3.52. The van der Waals surface area contributed by atoms with E-state index in [1.54, 1.807) is 30.3 Å². The average molecular weight is 540 g/mol. The van der Waals surface area contributed by atoms with Gasteiger partial charge in [0.15, 0.2) is 5.84 Å². The number of aromatic amines is 1. The first-order valence-corrected chi connectivity index (χ1v) is 11.5. The average Bonchev–Trinajstić information content (AvgIpc) is 2.87. The van der Waals surface area contributed by atoms with Gasteiger partial charge < -0.3 is 25.7 Å². The van der Waals surface area contributed by atoms with Gasteiger partial charge in [-0.25, -0.2) is 5.84 Å². The third kappa shape index (κ3) is 7.93. The summed E-state index contributed by atoms with van der Waals surface area (Å²) in [6.07, 6.45) is -4.03. The Hall–Kier alpha value is -4.13. The quantitative estimate of drug-likeness (QED) is 0.0686. The highest BCUT2D eigenvalue weighted by Gasteiger charge is 2.25. The lowest BCUT2D eigenvalue weighted by molar-refractivity contribution is -0.135. The van der Waals surface area contributed by atoms with E-state index in [0.717, 1.165) is 0 Å². The van der Waals surface area contributed by atoms with E-state index in [2.05, 4.69) is 20.2 Å². The lowest BCUT2D eigenvalue weighted by atomic mass is 9.97. The monoisotopic (exact) mass is 539 g/mol. The van der Waals surface area contributed by atoms with Crippen LogP contribution in [0.25, 0.3) is 22.4 Å². The standard InChI is InChI=1S/C25H26F5N5O3/c26-24(27)38-18-10-4-15(5-11-18)19-14-20(33-23(36)21(19)22(34-31)35-32)16-6-8-17(9-7-16)37-13-3-1-2-12-25(28,29)30/h4-11,14,24H,1-3,12-13,31-32H2,(H,33,36)(H,34,35). The number of aromatic nitrogens is 1. The summed E-state index contributed by atoms with van der Waals surface area (Å²) in [7, 11) is 0. The Kier molecular flexibility index (Phi) is 9.66. The molecule has 0 radical (unpaired) electrons. The molecule has 0 bridgehead atoms. The first-order chi connectivity index (χ1) is 18.1. The number of nitrogens with two attached hydrogens (primary N) is 2. The van der Waals surface area contributed by atoms with Crippen LogP contribution in [-0.4, -0.2) is 30.2 Å². The van der Waals surface area contributed by atoms with Crippen LogP contribution in [-0.2, 0) is 0 Å². The number of benzene rings is 2. The Bertz CT molecular complexity index is 1280. The summed E-state index contributed by atoms with van der Waals surface area (Å²) in [5.41, 5.74) is 3.64. The minimum atomic E-state index is -4.15. The highest BCUT2D eigenvalue weighted by Crippen LogP contribution is 2.29. The van der Waals surface area contributed by atoms with E-state index in [1.807, 2.05) is 0 Å². The zero-order valence-electron chi connectivity index (χ0n) is 20.0. The Balaban J connectivity index is 1.82. The number of amidine groups is 1. The molecule has 0 unspecified atom stereocenters. The molecule has 0 saturated carbocycles. The van der Waals surface area contributed by atoms with E-state index in [4.69, 9.17) is 16.4 Å². The summed E-state index contributed by atoms with van der Waals surface area (Å²) in [4.78, 5) is 15.8. The number of hydrazine groups is 1. The molecular formula is C25H26F5N5O3. The second-order valence-electron chi connectivity index (χ2n) is 8.12. The van der Waals surface area contributed by atoms with E-state index in [-0.39, 0.29) is 30.2 Å². The lowest BCUT2D eigenvalue weighted by Gasteiger charge is -2.14. The molecule has 0 aliphatic carbocycles. The van der Waals surface area contributed by atoms with Crippen LogP contribution in [0.15, 0.2) is 64.5 Å². The van der Waals surface area contributed by atoms with Crippen molar-refractivity contribution in [1.29, 1.82) is 0 Å². The smallest absolute Gasteiger partial charge is 0.389 e. The summed E-state index contributed by atoms with van der Waals surface area (Å²) in [6, 6.07) is 14.0. The maximum atomic E-state index is 13.0. The Morgan fingerprint density at radius 1 is 0.974 bits per heavy atom. The number of alkyl halides is 5. The molecule has 3 aromatic rings. The molecule has 6 N–H and O–H groups in total. The van der Waals surface area contributed by atoms with Gasteiger partial charge in [-0.15, -0.1) is 0 Å². The molecule has 8 nitrogen and oxygen atoms in total. The normalized spacial score (nSPS) is 12.0. The Morgan fingerprint density at radius 2 is 1.61 bits per heavy atom. The number of nitrogens with one attached hydrogen (secondary N) is 2. The number of hydrogen-bond acceptors (Lipinski definition) is 6. The minimum absolute atomic E-state index is 0.0340. The van der Waals surface area contributed by atoms with E-state index < -0.39 is 24.8 Å². The fourth-order valence-electron chi connectivity index (χ4n) is 3.69. The van der Waals surface area contributed by atoms with Gasteiger partial charge in [0.05, 0.1) is 12.2 Å². The van der Waals surface area contributed by atoms with Crippen molar-refractivity contribution in [2.75, 3.05) is 6.61 Å². The predicted molar refractivity (Wildman–Crippen MR) is 133 cm³/mol. The fraction of sp³-hybridized carbons (Fsp3) is 0.280. The number of H-pyrrole nitrogens is 1. The number of halogens is 5. The van der Waals surface area contributed by atoms with Crippen LogP contribution in [0, 0.1) is 0 Å². The van der Waals surface area contributed by atoms with E-state index >= 15 is 0 Å². The van der Waals surface area contributed by atoms with Gasteiger partial charge in [-0.1, -0.05) is 12.1 Å². The molecule has 1 heterocycles. The molecular weight excluding hydrogens is 513 g/mol. The third-order valence-corrected chi connectivity index (χ3v) is 5.47. The summed E-state index contributed by atoms with van der Waals surface area (Å²) in [6.45, 7) is -2.72. The van der Waals surface area contributed by atoms with Crippen LogP contribution in [0.1, 0.15) is 31.2 Å². The maximum absolute atomic E-state index is 13.0. The van der Waals surface area contributed by atoms with Gasteiger partial charge in [0, 0.05) is 17.7 Å². The van der Waals surface area contributed by atoms with Crippen molar-refractivity contribution in [2.45, 2.75) is 38.5 Å². The first kappa shape index (κ1) is 28.4. The fourth-order valence-corrected chi connectivity index (χ4v) is 3.69. The largest absolute Gasteiger partial charge is 0.494 e. The second kappa shape index (κ2) is 12.9. The molecule has 204 valence electrons. The molecule has 0 amide bonds. The number of rotatable bonds is 11. The van der Waals surface area contributed by atoms with Crippen molar-refractivity contribution >= 4 is 5.84 Å². The topological polar surface area (TPSA) is 128 Å². The van der Waals surface area contributed by atoms with Crippen LogP contribution >= 0.6 is 0 Å². The summed E-state index contributed by atoms with van der Waals surface area (Å²) < 4.78 is 71.6. The van der Waals surface area contributed by atoms with Crippen molar-refractivity contribution in [3.05, 3.63) is 70.5 Å². The number of nitrogens with zero attached hydrogens (tertiary/aromatic N) is 1. The van der Waals surface area contributed by atoms with Crippen LogP contribution in [0.4, 0.5) is 22.0 Å². The Labute approximate surface area is 214 Å². The zero-order chi connectivity index (χ0) is 27.7. The second-order valence-corrected chi connectivity index (χ2v) is 8.12. The van der Waals surface area contributed by atoms with Crippen molar-refractivity contribution in [2.24, 2.45) is 16.8 Å². The maximum Gasteiger partial charge on any atom is 0.389 e. The molecule has 0 spiro atoms. The summed E-state index contributed by atoms with van der Waals surface area (Å²) in [5.74, 6) is 11.2. The highest BCUT2D eigenvalue weighted by molar-refractivity contribution is 6.04. The van der Waals surface area contributed by atoms with Crippen molar-refractivity contribution in [3.63, 3.8) is 0 Å². The molecule has 1 aromatic heterocycles. The Morgan fingerprint density at radius 3 is 2.18 bits per heavy atom. The number of hydrazone groups is 1. The molecule has 0 aliphatic heterocycles. The molecule has 3 rings (SSSR count). The van der Waals surface area contributed by atoms with Gasteiger partial charge in [-0.3, -0.25) is 4.79 Å².